The summed E-state index contributed by atoms with van der Waals surface area (Å²) in [5, 5.41) is 6.54. The standard InChI is InChI=1S/C22H15Cl2N3O2S2/c23-15-6-2-1-5-14(15)21(29)25-13-9-10-18-19(11-13)31-22(27-18)30-12-20(28)26-17-8-4-3-7-16(17)24/h1-11H,12H2,(H,25,29)(H,26,28). The second-order valence-electron chi connectivity index (χ2n) is 6.41. The molecule has 0 unspecified atom stereocenters. The second-order valence-corrected chi connectivity index (χ2v) is 9.48. The number of thioether (sulfide) groups is 1. The quantitative estimate of drug-likeness (QED) is 0.301. The SMILES string of the molecule is O=C(CSc1nc2ccc(NC(=O)c3ccccc3Cl)cc2s1)Nc1ccccc1Cl. The Morgan fingerprint density at radius 1 is 0.935 bits per heavy atom. The number of halogens is 2. The maximum absolute atomic E-state index is 12.5. The van der Waals surface area contributed by atoms with Crippen LogP contribution in [-0.4, -0.2) is 22.6 Å². The number of hydrogen-bond donors (Lipinski definition) is 2. The Kier molecular flexibility index (Phi) is 6.77. The van der Waals surface area contributed by atoms with Crippen molar-refractivity contribution in [3.05, 3.63) is 82.3 Å². The first-order valence-electron chi connectivity index (χ1n) is 9.13. The van der Waals surface area contributed by atoms with Crippen molar-refractivity contribution in [3.63, 3.8) is 0 Å². The van der Waals surface area contributed by atoms with Crippen LogP contribution >= 0.6 is 46.3 Å². The van der Waals surface area contributed by atoms with Gasteiger partial charge in [0.25, 0.3) is 5.91 Å². The molecule has 156 valence electrons. The van der Waals surface area contributed by atoms with Crippen LogP contribution in [0.4, 0.5) is 11.4 Å². The number of fused-ring (bicyclic) bond motifs is 1. The largest absolute Gasteiger partial charge is 0.324 e. The molecule has 1 heterocycles. The smallest absolute Gasteiger partial charge is 0.257 e. The average Bonchev–Trinajstić information content (AvgIpc) is 3.16. The summed E-state index contributed by atoms with van der Waals surface area (Å²) >= 11 is 15.0. The van der Waals surface area contributed by atoms with Crippen LogP contribution in [0.5, 0.6) is 0 Å². The molecule has 31 heavy (non-hydrogen) atoms. The monoisotopic (exact) mass is 487 g/mol. The zero-order valence-corrected chi connectivity index (χ0v) is 19.0. The maximum atomic E-state index is 12.5. The molecule has 0 aliphatic heterocycles. The van der Waals surface area contributed by atoms with Crippen molar-refractivity contribution in [1.82, 2.24) is 4.98 Å². The maximum Gasteiger partial charge on any atom is 0.257 e. The molecule has 0 spiro atoms. The van der Waals surface area contributed by atoms with E-state index in [1.54, 1.807) is 48.5 Å². The van der Waals surface area contributed by atoms with E-state index in [9.17, 15) is 9.59 Å². The number of para-hydroxylation sites is 1. The van der Waals surface area contributed by atoms with E-state index in [2.05, 4.69) is 15.6 Å². The number of nitrogens with one attached hydrogen (secondary N) is 2. The van der Waals surface area contributed by atoms with Crippen molar-refractivity contribution in [3.8, 4) is 0 Å². The van der Waals surface area contributed by atoms with E-state index in [1.165, 1.54) is 23.1 Å². The van der Waals surface area contributed by atoms with E-state index >= 15 is 0 Å². The predicted octanol–water partition coefficient (Wildman–Crippen LogP) is 6.59. The van der Waals surface area contributed by atoms with Crippen molar-refractivity contribution < 1.29 is 9.59 Å². The molecule has 3 aromatic carbocycles. The number of aromatic nitrogens is 1. The third kappa shape index (κ3) is 5.37. The number of carbonyl (C=O) groups is 2. The highest BCUT2D eigenvalue weighted by Crippen LogP contribution is 2.32. The number of anilines is 2. The fraction of sp³-hybridized carbons (Fsp3) is 0.0455. The zero-order chi connectivity index (χ0) is 21.8. The molecule has 0 bridgehead atoms. The first-order valence-corrected chi connectivity index (χ1v) is 11.7. The minimum atomic E-state index is -0.277. The molecule has 0 aliphatic rings. The molecular formula is C22H15Cl2N3O2S2. The molecule has 4 rings (SSSR count). The summed E-state index contributed by atoms with van der Waals surface area (Å²) in [6, 6.07) is 19.5. The van der Waals surface area contributed by atoms with Crippen LogP contribution in [0.3, 0.4) is 0 Å². The van der Waals surface area contributed by atoms with Gasteiger partial charge in [0, 0.05) is 5.69 Å². The Morgan fingerprint density at radius 3 is 2.45 bits per heavy atom. The van der Waals surface area contributed by atoms with Crippen molar-refractivity contribution in [2.75, 3.05) is 16.4 Å². The Labute approximate surface area is 196 Å². The van der Waals surface area contributed by atoms with E-state index < -0.39 is 0 Å². The summed E-state index contributed by atoms with van der Waals surface area (Å²) in [7, 11) is 0. The Balaban J connectivity index is 1.40. The Hall–Kier alpha value is -2.58. The van der Waals surface area contributed by atoms with Gasteiger partial charge in [0.2, 0.25) is 5.91 Å². The summed E-state index contributed by atoms with van der Waals surface area (Å²) in [6.07, 6.45) is 0. The minimum Gasteiger partial charge on any atom is -0.324 e. The van der Waals surface area contributed by atoms with Crippen LogP contribution < -0.4 is 10.6 Å². The summed E-state index contributed by atoms with van der Waals surface area (Å²) in [5.74, 6) is -0.230. The van der Waals surface area contributed by atoms with Gasteiger partial charge in [0.05, 0.1) is 37.3 Å². The lowest BCUT2D eigenvalue weighted by Gasteiger charge is -2.06. The van der Waals surface area contributed by atoms with Crippen LogP contribution in [0.2, 0.25) is 10.0 Å². The van der Waals surface area contributed by atoms with Gasteiger partial charge in [-0.2, -0.15) is 0 Å². The highest BCUT2D eigenvalue weighted by Gasteiger charge is 2.12. The highest BCUT2D eigenvalue weighted by atomic mass is 35.5. The lowest BCUT2D eigenvalue weighted by Crippen LogP contribution is -2.14. The Bertz CT molecular complexity index is 1280. The molecular weight excluding hydrogens is 473 g/mol. The van der Waals surface area contributed by atoms with Crippen molar-refractivity contribution >= 4 is 79.7 Å². The lowest BCUT2D eigenvalue weighted by molar-refractivity contribution is -0.113. The number of benzene rings is 3. The molecule has 1 aromatic heterocycles. The third-order valence-corrected chi connectivity index (χ3v) is 7.04. The fourth-order valence-corrected chi connectivity index (χ4v) is 5.08. The summed E-state index contributed by atoms with van der Waals surface area (Å²) < 4.78 is 1.67. The van der Waals surface area contributed by atoms with Crippen LogP contribution in [0.25, 0.3) is 10.2 Å². The molecule has 2 N–H and O–H groups in total. The van der Waals surface area contributed by atoms with Gasteiger partial charge in [-0.3, -0.25) is 9.59 Å². The molecule has 5 nitrogen and oxygen atoms in total. The van der Waals surface area contributed by atoms with E-state index in [1.807, 2.05) is 18.2 Å². The molecule has 0 atom stereocenters. The summed E-state index contributed by atoms with van der Waals surface area (Å²) in [4.78, 5) is 29.2. The summed E-state index contributed by atoms with van der Waals surface area (Å²) in [6.45, 7) is 0. The number of amides is 2. The minimum absolute atomic E-state index is 0.162. The molecule has 4 aromatic rings. The number of carbonyl (C=O) groups excluding carboxylic acids is 2. The molecule has 2 amide bonds. The molecule has 0 aliphatic carbocycles. The molecule has 0 fully saturated rings. The van der Waals surface area contributed by atoms with Crippen molar-refractivity contribution in [2.45, 2.75) is 4.34 Å². The second kappa shape index (κ2) is 9.70. The number of rotatable bonds is 6. The van der Waals surface area contributed by atoms with Crippen LogP contribution in [0, 0.1) is 0 Å². The van der Waals surface area contributed by atoms with E-state index in [0.717, 1.165) is 14.6 Å². The lowest BCUT2D eigenvalue weighted by atomic mass is 10.2. The van der Waals surface area contributed by atoms with Gasteiger partial charge in [0.1, 0.15) is 0 Å². The Morgan fingerprint density at radius 2 is 1.68 bits per heavy atom. The topological polar surface area (TPSA) is 71.1 Å². The normalized spacial score (nSPS) is 10.8. The fourth-order valence-electron chi connectivity index (χ4n) is 2.76. The van der Waals surface area contributed by atoms with Gasteiger partial charge in [0.15, 0.2) is 4.34 Å². The molecule has 0 saturated carbocycles. The van der Waals surface area contributed by atoms with Crippen LogP contribution in [-0.2, 0) is 4.79 Å². The van der Waals surface area contributed by atoms with E-state index in [0.29, 0.717) is 27.0 Å². The van der Waals surface area contributed by atoms with Crippen LogP contribution in [0.1, 0.15) is 10.4 Å². The van der Waals surface area contributed by atoms with E-state index in [-0.39, 0.29) is 17.6 Å². The number of thiazole rings is 1. The number of hydrogen-bond acceptors (Lipinski definition) is 5. The number of nitrogens with zero attached hydrogens (tertiary/aromatic N) is 1. The van der Waals surface area contributed by atoms with Gasteiger partial charge in [-0.1, -0.05) is 59.2 Å². The van der Waals surface area contributed by atoms with Gasteiger partial charge in [-0.15, -0.1) is 11.3 Å². The molecule has 0 radical (unpaired) electrons. The average molecular weight is 488 g/mol. The predicted molar refractivity (Wildman–Crippen MR) is 130 cm³/mol. The first kappa shape index (κ1) is 21.6. The molecule has 9 heteroatoms. The van der Waals surface area contributed by atoms with Crippen molar-refractivity contribution in [2.24, 2.45) is 0 Å². The third-order valence-electron chi connectivity index (χ3n) is 4.22. The first-order chi connectivity index (χ1) is 15.0. The van der Waals surface area contributed by atoms with Gasteiger partial charge >= 0.3 is 0 Å². The summed E-state index contributed by atoms with van der Waals surface area (Å²) in [5.41, 5.74) is 2.44. The van der Waals surface area contributed by atoms with Gasteiger partial charge < -0.3 is 10.6 Å². The van der Waals surface area contributed by atoms with Crippen molar-refractivity contribution in [1.29, 1.82) is 0 Å². The molecule has 0 saturated heterocycles. The zero-order valence-electron chi connectivity index (χ0n) is 15.9. The highest BCUT2D eigenvalue weighted by molar-refractivity contribution is 8.01. The van der Waals surface area contributed by atoms with E-state index in [4.69, 9.17) is 23.2 Å². The van der Waals surface area contributed by atoms with Gasteiger partial charge in [-0.05, 0) is 42.5 Å². The van der Waals surface area contributed by atoms with Gasteiger partial charge in [-0.25, -0.2) is 4.98 Å². The van der Waals surface area contributed by atoms with Crippen LogP contribution in [0.15, 0.2) is 71.1 Å².